The molecule has 0 aliphatic heterocycles. The predicted octanol–water partition coefficient (Wildman–Crippen LogP) is 1.78. The first-order chi connectivity index (χ1) is 7.72. The predicted molar refractivity (Wildman–Crippen MR) is 63.2 cm³/mol. The van der Waals surface area contributed by atoms with Crippen LogP contribution in [0.4, 0.5) is 11.4 Å². The molecule has 0 atom stereocenters. The highest BCUT2D eigenvalue weighted by Crippen LogP contribution is 2.29. The van der Waals surface area contributed by atoms with Crippen LogP contribution in [0.15, 0.2) is 36.7 Å². The summed E-state index contributed by atoms with van der Waals surface area (Å²) < 4.78 is 0. The van der Waals surface area contributed by atoms with Crippen molar-refractivity contribution in [3.8, 4) is 17.2 Å². The third-order valence-electron chi connectivity index (χ3n) is 2.31. The Morgan fingerprint density at radius 2 is 1.94 bits per heavy atom. The van der Waals surface area contributed by atoms with E-state index in [0.29, 0.717) is 16.9 Å². The summed E-state index contributed by atoms with van der Waals surface area (Å²) in [6, 6.07) is 9.05. The molecule has 2 aromatic rings. The van der Waals surface area contributed by atoms with E-state index in [1.54, 1.807) is 30.5 Å². The lowest BCUT2D eigenvalue weighted by Crippen LogP contribution is -1.95. The number of benzene rings is 1. The summed E-state index contributed by atoms with van der Waals surface area (Å²) in [5.74, 6) is 0. The van der Waals surface area contributed by atoms with E-state index in [1.165, 1.54) is 6.20 Å². The van der Waals surface area contributed by atoms with Gasteiger partial charge in [0, 0.05) is 34.9 Å². The van der Waals surface area contributed by atoms with Crippen LogP contribution in [-0.2, 0) is 0 Å². The molecule has 1 aromatic heterocycles. The van der Waals surface area contributed by atoms with Gasteiger partial charge in [0.25, 0.3) is 0 Å². The Bertz CT molecular complexity index is 569. The van der Waals surface area contributed by atoms with Crippen molar-refractivity contribution in [2.45, 2.75) is 0 Å². The Balaban J connectivity index is 2.68. The van der Waals surface area contributed by atoms with Crippen LogP contribution in [0.3, 0.4) is 0 Å². The molecule has 0 bridgehead atoms. The fourth-order valence-electron chi connectivity index (χ4n) is 1.53. The second-order valence-corrected chi connectivity index (χ2v) is 3.38. The molecule has 0 saturated carbocycles. The van der Waals surface area contributed by atoms with Crippen molar-refractivity contribution in [2.24, 2.45) is 0 Å². The maximum Gasteiger partial charge on any atom is 0.101 e. The van der Waals surface area contributed by atoms with Crippen molar-refractivity contribution >= 4 is 11.4 Å². The van der Waals surface area contributed by atoms with Crippen LogP contribution >= 0.6 is 0 Å². The topological polar surface area (TPSA) is 88.7 Å². The minimum atomic E-state index is 0.486. The molecule has 0 saturated heterocycles. The molecule has 1 aromatic carbocycles. The van der Waals surface area contributed by atoms with Gasteiger partial charge in [0.15, 0.2) is 0 Å². The molecule has 1 heterocycles. The van der Waals surface area contributed by atoms with Crippen LogP contribution in [0.25, 0.3) is 11.1 Å². The molecular formula is C12H10N4. The first-order valence-electron chi connectivity index (χ1n) is 4.72. The molecule has 2 rings (SSSR count). The van der Waals surface area contributed by atoms with Gasteiger partial charge < -0.3 is 11.5 Å². The molecule has 0 radical (unpaired) electrons. The van der Waals surface area contributed by atoms with Gasteiger partial charge in [-0.05, 0) is 24.3 Å². The number of nitrogens with two attached hydrogens (primary N) is 2. The second-order valence-electron chi connectivity index (χ2n) is 3.38. The van der Waals surface area contributed by atoms with Gasteiger partial charge in [-0.25, -0.2) is 0 Å². The van der Waals surface area contributed by atoms with E-state index in [2.05, 4.69) is 11.1 Å². The van der Waals surface area contributed by atoms with E-state index >= 15 is 0 Å². The molecule has 0 unspecified atom stereocenters. The number of hydrogen-bond donors (Lipinski definition) is 2. The minimum Gasteiger partial charge on any atom is -0.399 e. The molecule has 0 aliphatic rings. The fourth-order valence-corrected chi connectivity index (χ4v) is 1.53. The van der Waals surface area contributed by atoms with E-state index in [9.17, 15) is 0 Å². The number of hydrogen-bond acceptors (Lipinski definition) is 4. The molecule has 4 N–H and O–H groups in total. The zero-order chi connectivity index (χ0) is 11.5. The van der Waals surface area contributed by atoms with Gasteiger partial charge in [-0.3, -0.25) is 4.98 Å². The Kier molecular flexibility index (Phi) is 2.44. The van der Waals surface area contributed by atoms with Crippen molar-refractivity contribution in [2.75, 3.05) is 11.5 Å². The summed E-state index contributed by atoms with van der Waals surface area (Å²) in [5, 5.41) is 8.98. The Morgan fingerprint density at radius 3 is 2.69 bits per heavy atom. The monoisotopic (exact) mass is 210 g/mol. The zero-order valence-corrected chi connectivity index (χ0v) is 8.51. The lowest BCUT2D eigenvalue weighted by Gasteiger charge is -2.07. The number of rotatable bonds is 1. The average Bonchev–Trinajstić information content (AvgIpc) is 2.32. The molecule has 0 spiro atoms. The maximum absolute atomic E-state index is 8.98. The molecule has 0 fully saturated rings. The zero-order valence-electron chi connectivity index (χ0n) is 8.51. The van der Waals surface area contributed by atoms with Crippen LogP contribution in [0.1, 0.15) is 5.56 Å². The summed E-state index contributed by atoms with van der Waals surface area (Å²) in [6.45, 7) is 0. The first kappa shape index (κ1) is 9.99. The quantitative estimate of drug-likeness (QED) is 0.702. The van der Waals surface area contributed by atoms with Crippen molar-refractivity contribution in [1.82, 2.24) is 4.98 Å². The van der Waals surface area contributed by atoms with Gasteiger partial charge >= 0.3 is 0 Å². The average molecular weight is 210 g/mol. The van der Waals surface area contributed by atoms with Crippen LogP contribution < -0.4 is 11.5 Å². The number of nitrogens with zero attached hydrogens (tertiary/aromatic N) is 2. The van der Waals surface area contributed by atoms with Crippen LogP contribution in [-0.4, -0.2) is 4.98 Å². The smallest absolute Gasteiger partial charge is 0.101 e. The molecule has 78 valence electrons. The lowest BCUT2D eigenvalue weighted by atomic mass is 10.0. The third kappa shape index (κ3) is 1.66. The largest absolute Gasteiger partial charge is 0.399 e. The minimum absolute atomic E-state index is 0.486. The third-order valence-corrected chi connectivity index (χ3v) is 2.31. The Labute approximate surface area is 93.1 Å². The van der Waals surface area contributed by atoms with Crippen LogP contribution in [0.5, 0.6) is 0 Å². The summed E-state index contributed by atoms with van der Waals surface area (Å²) >= 11 is 0. The van der Waals surface area contributed by atoms with E-state index in [-0.39, 0.29) is 0 Å². The van der Waals surface area contributed by atoms with Crippen molar-refractivity contribution in [1.29, 1.82) is 5.26 Å². The van der Waals surface area contributed by atoms with Gasteiger partial charge in [-0.2, -0.15) is 5.26 Å². The number of pyridine rings is 1. The highest BCUT2D eigenvalue weighted by molar-refractivity contribution is 5.82. The van der Waals surface area contributed by atoms with E-state index in [1.807, 2.05) is 0 Å². The number of anilines is 2. The normalized spacial score (nSPS) is 9.69. The lowest BCUT2D eigenvalue weighted by molar-refractivity contribution is 1.30. The second kappa shape index (κ2) is 3.91. The molecular weight excluding hydrogens is 200 g/mol. The van der Waals surface area contributed by atoms with Gasteiger partial charge in [0.05, 0.1) is 5.56 Å². The number of nitriles is 1. The van der Waals surface area contributed by atoms with Crippen LogP contribution in [0, 0.1) is 11.3 Å². The summed E-state index contributed by atoms with van der Waals surface area (Å²) in [5.41, 5.74) is 14.8. The molecule has 0 amide bonds. The highest BCUT2D eigenvalue weighted by atomic mass is 14.6. The summed E-state index contributed by atoms with van der Waals surface area (Å²) in [4.78, 5) is 3.90. The molecule has 16 heavy (non-hydrogen) atoms. The number of nitrogen functional groups attached to an aromatic ring is 2. The standard InChI is InChI=1S/C12H10N4/c13-6-8-7-16-4-3-10(8)11-5-9(14)1-2-12(11)15/h1-5,7H,14-15H2. The van der Waals surface area contributed by atoms with Gasteiger partial charge in [0.1, 0.15) is 6.07 Å². The number of aromatic nitrogens is 1. The molecule has 4 heteroatoms. The summed E-state index contributed by atoms with van der Waals surface area (Å²) in [6.07, 6.45) is 3.14. The van der Waals surface area contributed by atoms with Crippen molar-refractivity contribution < 1.29 is 0 Å². The highest BCUT2D eigenvalue weighted by Gasteiger charge is 2.08. The van der Waals surface area contributed by atoms with Gasteiger partial charge in [-0.1, -0.05) is 0 Å². The van der Waals surface area contributed by atoms with Crippen molar-refractivity contribution in [3.05, 3.63) is 42.2 Å². The van der Waals surface area contributed by atoms with Crippen LogP contribution in [0.2, 0.25) is 0 Å². The first-order valence-corrected chi connectivity index (χ1v) is 4.72. The van der Waals surface area contributed by atoms with E-state index in [4.69, 9.17) is 16.7 Å². The Morgan fingerprint density at radius 1 is 1.12 bits per heavy atom. The fraction of sp³-hybridized carbons (Fsp3) is 0. The van der Waals surface area contributed by atoms with E-state index in [0.717, 1.165) is 11.1 Å². The van der Waals surface area contributed by atoms with Crippen molar-refractivity contribution in [3.63, 3.8) is 0 Å². The van der Waals surface area contributed by atoms with Gasteiger partial charge in [-0.15, -0.1) is 0 Å². The Hall–Kier alpha value is -2.54. The SMILES string of the molecule is N#Cc1cnccc1-c1cc(N)ccc1N. The molecule has 0 aliphatic carbocycles. The molecule has 4 nitrogen and oxygen atoms in total. The van der Waals surface area contributed by atoms with E-state index < -0.39 is 0 Å². The van der Waals surface area contributed by atoms with Gasteiger partial charge in [0.2, 0.25) is 0 Å². The maximum atomic E-state index is 8.98. The summed E-state index contributed by atoms with van der Waals surface area (Å²) in [7, 11) is 0.